The molecule has 1 heterocycles. The number of nitrogens with one attached hydrogen (secondary N) is 1. The van der Waals surface area contributed by atoms with Crippen LogP contribution >= 0.6 is 0 Å². The molecule has 2 rings (SSSR count). The summed E-state index contributed by atoms with van der Waals surface area (Å²) in [5.41, 5.74) is 6.54. The monoisotopic (exact) mass is 312 g/mol. The first-order valence-electron chi connectivity index (χ1n) is 6.37. The second-order valence-corrected chi connectivity index (χ2v) is 6.61. The van der Waals surface area contributed by atoms with Crippen LogP contribution in [0.5, 0.6) is 0 Å². The minimum Gasteiger partial charge on any atom is -0.383 e. The van der Waals surface area contributed by atoms with Crippen molar-refractivity contribution in [3.05, 3.63) is 35.6 Å². The standard InChI is InChI=1S/C13H17FN4O2S/c1-3-16-13-11(21(2,19)20)12(15)18(17-13)8-9-5-4-6-10(14)7-9/h4-7H,3,8,15H2,1-2H3,(H,16,17). The van der Waals surface area contributed by atoms with Crippen LogP contribution in [0.1, 0.15) is 12.5 Å². The molecule has 21 heavy (non-hydrogen) atoms. The van der Waals surface area contributed by atoms with Crippen LogP contribution in [-0.2, 0) is 16.4 Å². The molecular weight excluding hydrogens is 295 g/mol. The van der Waals surface area contributed by atoms with E-state index in [0.717, 1.165) is 6.26 Å². The van der Waals surface area contributed by atoms with Gasteiger partial charge < -0.3 is 11.1 Å². The Labute approximate surface area is 122 Å². The highest BCUT2D eigenvalue weighted by Crippen LogP contribution is 2.27. The zero-order valence-electron chi connectivity index (χ0n) is 11.8. The summed E-state index contributed by atoms with van der Waals surface area (Å²) in [4.78, 5) is -0.0271. The third kappa shape index (κ3) is 3.33. The van der Waals surface area contributed by atoms with Gasteiger partial charge in [-0.3, -0.25) is 0 Å². The highest BCUT2D eigenvalue weighted by molar-refractivity contribution is 7.91. The molecule has 0 unspecified atom stereocenters. The summed E-state index contributed by atoms with van der Waals surface area (Å²) < 4.78 is 38.2. The van der Waals surface area contributed by atoms with E-state index in [4.69, 9.17) is 5.73 Å². The Balaban J connectivity index is 2.46. The molecule has 0 amide bonds. The van der Waals surface area contributed by atoms with Gasteiger partial charge in [0.1, 0.15) is 11.6 Å². The number of hydrogen-bond acceptors (Lipinski definition) is 5. The quantitative estimate of drug-likeness (QED) is 0.873. The van der Waals surface area contributed by atoms with Gasteiger partial charge in [-0.15, -0.1) is 0 Å². The number of nitrogens with two attached hydrogens (primary N) is 1. The molecule has 0 aliphatic heterocycles. The molecule has 8 heteroatoms. The number of benzene rings is 1. The van der Waals surface area contributed by atoms with Crippen LogP contribution in [0.3, 0.4) is 0 Å². The zero-order chi connectivity index (χ0) is 15.6. The van der Waals surface area contributed by atoms with Gasteiger partial charge in [0.15, 0.2) is 20.6 Å². The van der Waals surface area contributed by atoms with E-state index >= 15 is 0 Å². The summed E-state index contributed by atoms with van der Waals surface area (Å²) in [5, 5.41) is 7.05. The van der Waals surface area contributed by atoms with Crippen molar-refractivity contribution in [2.75, 3.05) is 23.9 Å². The first-order chi connectivity index (χ1) is 9.82. The molecule has 3 N–H and O–H groups in total. The predicted molar refractivity (Wildman–Crippen MR) is 79.4 cm³/mol. The van der Waals surface area contributed by atoms with Crippen molar-refractivity contribution >= 4 is 21.5 Å². The van der Waals surface area contributed by atoms with Gasteiger partial charge in [-0.2, -0.15) is 5.10 Å². The van der Waals surface area contributed by atoms with Gasteiger partial charge in [0.05, 0.1) is 6.54 Å². The number of anilines is 2. The molecule has 0 radical (unpaired) electrons. The number of nitrogens with zero attached hydrogens (tertiary/aromatic N) is 2. The van der Waals surface area contributed by atoms with Gasteiger partial charge in [-0.25, -0.2) is 17.5 Å². The molecule has 0 saturated heterocycles. The molecule has 0 fully saturated rings. The van der Waals surface area contributed by atoms with Crippen molar-refractivity contribution in [3.63, 3.8) is 0 Å². The normalized spacial score (nSPS) is 11.6. The van der Waals surface area contributed by atoms with E-state index in [0.29, 0.717) is 12.1 Å². The maximum Gasteiger partial charge on any atom is 0.182 e. The van der Waals surface area contributed by atoms with Crippen LogP contribution in [0.25, 0.3) is 0 Å². The second kappa shape index (κ2) is 5.72. The Morgan fingerprint density at radius 3 is 2.71 bits per heavy atom. The number of rotatable bonds is 5. The Hall–Kier alpha value is -2.09. The Kier molecular flexibility index (Phi) is 4.17. The Morgan fingerprint density at radius 2 is 2.14 bits per heavy atom. The van der Waals surface area contributed by atoms with Crippen molar-refractivity contribution in [2.45, 2.75) is 18.4 Å². The molecule has 1 aromatic carbocycles. The molecule has 0 aliphatic rings. The molecule has 0 spiro atoms. The third-order valence-electron chi connectivity index (χ3n) is 2.88. The topological polar surface area (TPSA) is 90.0 Å². The van der Waals surface area contributed by atoms with E-state index in [1.807, 2.05) is 6.92 Å². The zero-order valence-corrected chi connectivity index (χ0v) is 12.6. The van der Waals surface area contributed by atoms with Crippen LogP contribution in [0.15, 0.2) is 29.2 Å². The second-order valence-electron chi connectivity index (χ2n) is 4.65. The predicted octanol–water partition coefficient (Wildman–Crippen LogP) is 1.49. The average molecular weight is 312 g/mol. The molecule has 6 nitrogen and oxygen atoms in total. The number of aromatic nitrogens is 2. The van der Waals surface area contributed by atoms with Gasteiger partial charge in [0.25, 0.3) is 0 Å². The first-order valence-corrected chi connectivity index (χ1v) is 8.26. The lowest BCUT2D eigenvalue weighted by Crippen LogP contribution is -2.08. The van der Waals surface area contributed by atoms with Crippen molar-refractivity contribution in [3.8, 4) is 0 Å². The van der Waals surface area contributed by atoms with Gasteiger partial charge in [0.2, 0.25) is 0 Å². The van der Waals surface area contributed by atoms with Crippen molar-refractivity contribution in [1.82, 2.24) is 9.78 Å². The van der Waals surface area contributed by atoms with Crippen LogP contribution in [0.2, 0.25) is 0 Å². The van der Waals surface area contributed by atoms with E-state index in [-0.39, 0.29) is 28.9 Å². The van der Waals surface area contributed by atoms with Gasteiger partial charge in [-0.05, 0) is 24.6 Å². The molecule has 0 aliphatic carbocycles. The number of hydrogen-bond donors (Lipinski definition) is 2. The fraction of sp³-hybridized carbons (Fsp3) is 0.308. The van der Waals surface area contributed by atoms with Crippen molar-refractivity contribution in [1.29, 1.82) is 0 Å². The van der Waals surface area contributed by atoms with Crippen molar-refractivity contribution < 1.29 is 12.8 Å². The maximum absolute atomic E-state index is 13.2. The van der Waals surface area contributed by atoms with E-state index in [1.165, 1.54) is 16.8 Å². The van der Waals surface area contributed by atoms with Gasteiger partial charge >= 0.3 is 0 Å². The van der Waals surface area contributed by atoms with E-state index in [1.54, 1.807) is 12.1 Å². The molecular formula is C13H17FN4O2S. The maximum atomic E-state index is 13.2. The fourth-order valence-corrected chi connectivity index (χ4v) is 2.99. The average Bonchev–Trinajstić information content (AvgIpc) is 2.66. The Morgan fingerprint density at radius 1 is 1.43 bits per heavy atom. The third-order valence-corrected chi connectivity index (χ3v) is 4.03. The fourth-order valence-electron chi connectivity index (χ4n) is 2.04. The summed E-state index contributed by atoms with van der Waals surface area (Å²) in [6.45, 7) is 2.53. The highest BCUT2D eigenvalue weighted by atomic mass is 32.2. The van der Waals surface area contributed by atoms with E-state index in [9.17, 15) is 12.8 Å². The van der Waals surface area contributed by atoms with Crippen LogP contribution < -0.4 is 11.1 Å². The van der Waals surface area contributed by atoms with Crippen LogP contribution in [0, 0.1) is 5.82 Å². The first kappa shape index (κ1) is 15.3. The summed E-state index contributed by atoms with van der Waals surface area (Å²) in [5.74, 6) is -0.111. The van der Waals surface area contributed by atoms with E-state index in [2.05, 4.69) is 10.4 Å². The number of sulfone groups is 1. The largest absolute Gasteiger partial charge is 0.383 e. The summed E-state index contributed by atoms with van der Waals surface area (Å²) in [7, 11) is -3.51. The molecule has 1 aromatic heterocycles. The molecule has 0 bridgehead atoms. The lowest BCUT2D eigenvalue weighted by Gasteiger charge is -2.04. The number of nitrogen functional groups attached to an aromatic ring is 1. The van der Waals surface area contributed by atoms with Crippen molar-refractivity contribution in [2.24, 2.45) is 0 Å². The van der Waals surface area contributed by atoms with E-state index < -0.39 is 9.84 Å². The van der Waals surface area contributed by atoms with Crippen LogP contribution in [0.4, 0.5) is 16.0 Å². The highest BCUT2D eigenvalue weighted by Gasteiger charge is 2.23. The van der Waals surface area contributed by atoms with Gasteiger partial charge in [0, 0.05) is 12.8 Å². The summed E-state index contributed by atoms with van der Waals surface area (Å²) >= 11 is 0. The van der Waals surface area contributed by atoms with Crippen LogP contribution in [-0.4, -0.2) is 31.0 Å². The summed E-state index contributed by atoms with van der Waals surface area (Å²) in [6.07, 6.45) is 1.08. The SMILES string of the molecule is CCNc1nn(Cc2cccc(F)c2)c(N)c1S(C)(=O)=O. The van der Waals surface area contributed by atoms with Gasteiger partial charge in [-0.1, -0.05) is 12.1 Å². The molecule has 114 valence electrons. The molecule has 0 saturated carbocycles. The summed E-state index contributed by atoms with van der Waals surface area (Å²) in [6, 6.07) is 5.99. The minimum atomic E-state index is -3.51. The molecule has 0 atom stereocenters. The minimum absolute atomic E-state index is 0.0271. The molecule has 2 aromatic rings. The lowest BCUT2D eigenvalue weighted by atomic mass is 10.2. The lowest BCUT2D eigenvalue weighted by molar-refractivity contribution is 0.602. The number of halogens is 1. The Bertz CT molecular complexity index is 756. The smallest absolute Gasteiger partial charge is 0.182 e.